The summed E-state index contributed by atoms with van der Waals surface area (Å²) in [5.74, 6) is 0.907. The number of nitrogens with one attached hydrogen (secondary N) is 2. The number of hydrogen-bond donors (Lipinski definition) is 2. The van der Waals surface area contributed by atoms with E-state index in [9.17, 15) is 4.79 Å². The minimum Gasteiger partial charge on any atom is -0.378 e. The van der Waals surface area contributed by atoms with Gasteiger partial charge in [-0.2, -0.15) is 4.98 Å². The van der Waals surface area contributed by atoms with Gasteiger partial charge in [-0.15, -0.1) is 24.8 Å². The highest BCUT2D eigenvalue weighted by Crippen LogP contribution is 2.23. The van der Waals surface area contributed by atoms with Crippen LogP contribution in [0.2, 0.25) is 0 Å². The van der Waals surface area contributed by atoms with Crippen LogP contribution in [0.15, 0.2) is 29.0 Å². The van der Waals surface area contributed by atoms with Crippen molar-refractivity contribution >= 4 is 30.7 Å². The quantitative estimate of drug-likeness (QED) is 0.741. The highest BCUT2D eigenvalue weighted by atomic mass is 35.5. The number of rotatable bonds is 6. The third-order valence-corrected chi connectivity index (χ3v) is 4.04. The molecule has 27 heavy (non-hydrogen) atoms. The van der Waals surface area contributed by atoms with Gasteiger partial charge in [0.2, 0.25) is 17.6 Å². The normalized spacial score (nSPS) is 17.5. The lowest BCUT2D eigenvalue weighted by molar-refractivity contribution is -0.123. The number of carbonyl (C=O) groups is 1. The lowest BCUT2D eigenvalue weighted by atomic mass is 10.0. The van der Waals surface area contributed by atoms with Crippen LogP contribution in [-0.2, 0) is 9.53 Å². The standard InChI is InChI=1S/C17H23N5O3.2ClH/c1-11(2)15(20-14(23)8-13-10-24-7-6-19-13)17-21-16(22-25-17)12-4-3-5-18-9-12;;/h3-5,9,11,13,15,19H,6-8,10H2,1-2H3,(H,20,23);2*1H. The molecule has 2 aromatic rings. The molecule has 1 amide bonds. The summed E-state index contributed by atoms with van der Waals surface area (Å²) >= 11 is 0. The molecule has 0 saturated carbocycles. The van der Waals surface area contributed by atoms with Crippen molar-refractivity contribution in [1.82, 2.24) is 25.8 Å². The molecule has 0 aliphatic carbocycles. The fourth-order valence-electron chi connectivity index (χ4n) is 2.69. The molecule has 2 aromatic heterocycles. The Bertz CT molecular complexity index is 693. The lowest BCUT2D eigenvalue weighted by Crippen LogP contribution is -2.45. The second-order valence-corrected chi connectivity index (χ2v) is 6.42. The number of aromatic nitrogens is 3. The van der Waals surface area contributed by atoms with Crippen molar-refractivity contribution in [3.8, 4) is 11.4 Å². The van der Waals surface area contributed by atoms with Crippen molar-refractivity contribution in [3.05, 3.63) is 30.4 Å². The third kappa shape index (κ3) is 6.42. The first-order valence-corrected chi connectivity index (χ1v) is 8.48. The zero-order valence-corrected chi connectivity index (χ0v) is 16.9. The molecule has 8 nitrogen and oxygen atoms in total. The van der Waals surface area contributed by atoms with Crippen LogP contribution in [-0.4, -0.2) is 46.8 Å². The first kappa shape index (κ1) is 23.3. The Morgan fingerprint density at radius 3 is 2.85 bits per heavy atom. The number of carbonyl (C=O) groups excluding carboxylic acids is 1. The molecule has 1 aliphatic rings. The van der Waals surface area contributed by atoms with E-state index in [0.717, 1.165) is 12.1 Å². The highest BCUT2D eigenvalue weighted by molar-refractivity contribution is 5.85. The monoisotopic (exact) mass is 417 g/mol. The van der Waals surface area contributed by atoms with Gasteiger partial charge in [0.1, 0.15) is 6.04 Å². The molecule has 3 heterocycles. The second kappa shape index (κ2) is 11.2. The van der Waals surface area contributed by atoms with Gasteiger partial charge in [0.05, 0.1) is 13.2 Å². The van der Waals surface area contributed by atoms with Crippen molar-refractivity contribution in [2.75, 3.05) is 19.8 Å². The fourth-order valence-corrected chi connectivity index (χ4v) is 2.69. The third-order valence-electron chi connectivity index (χ3n) is 4.04. The van der Waals surface area contributed by atoms with Gasteiger partial charge >= 0.3 is 0 Å². The summed E-state index contributed by atoms with van der Waals surface area (Å²) in [5.41, 5.74) is 0.773. The van der Waals surface area contributed by atoms with Crippen LogP contribution in [0.5, 0.6) is 0 Å². The van der Waals surface area contributed by atoms with Crippen LogP contribution in [0.1, 0.15) is 32.2 Å². The van der Waals surface area contributed by atoms with E-state index in [4.69, 9.17) is 9.26 Å². The number of pyridine rings is 1. The number of halogens is 2. The summed E-state index contributed by atoms with van der Waals surface area (Å²) in [6.45, 7) is 6.00. The first-order valence-electron chi connectivity index (χ1n) is 8.48. The van der Waals surface area contributed by atoms with Crippen LogP contribution < -0.4 is 10.6 Å². The number of nitrogens with zero attached hydrogens (tertiary/aromatic N) is 3. The molecular weight excluding hydrogens is 393 g/mol. The van der Waals surface area contributed by atoms with Crippen LogP contribution in [0.25, 0.3) is 11.4 Å². The van der Waals surface area contributed by atoms with E-state index in [1.165, 1.54) is 0 Å². The Morgan fingerprint density at radius 1 is 1.41 bits per heavy atom. The number of ether oxygens (including phenoxy) is 1. The number of amides is 1. The molecule has 2 atom stereocenters. The Labute approximate surface area is 170 Å². The van der Waals surface area contributed by atoms with E-state index in [1.54, 1.807) is 12.4 Å². The molecule has 150 valence electrons. The molecule has 3 rings (SSSR count). The zero-order valence-electron chi connectivity index (χ0n) is 15.3. The van der Waals surface area contributed by atoms with Crippen LogP contribution in [0, 0.1) is 5.92 Å². The van der Waals surface area contributed by atoms with Crippen LogP contribution in [0.4, 0.5) is 0 Å². The smallest absolute Gasteiger partial charge is 0.249 e. The predicted octanol–water partition coefficient (Wildman–Crippen LogP) is 2.17. The largest absolute Gasteiger partial charge is 0.378 e. The molecule has 0 bridgehead atoms. The zero-order chi connectivity index (χ0) is 17.6. The maximum absolute atomic E-state index is 12.4. The second-order valence-electron chi connectivity index (χ2n) is 6.42. The summed E-state index contributed by atoms with van der Waals surface area (Å²) < 4.78 is 10.8. The molecule has 0 aromatic carbocycles. The maximum Gasteiger partial charge on any atom is 0.249 e. The molecular formula is C17H25Cl2N5O3. The van der Waals surface area contributed by atoms with Gasteiger partial charge in [0.15, 0.2) is 0 Å². The summed E-state index contributed by atoms with van der Waals surface area (Å²) in [5, 5.41) is 10.3. The van der Waals surface area contributed by atoms with E-state index in [-0.39, 0.29) is 48.7 Å². The van der Waals surface area contributed by atoms with Gasteiger partial charge < -0.3 is 19.9 Å². The Hall–Kier alpha value is -1.74. The lowest BCUT2D eigenvalue weighted by Gasteiger charge is -2.25. The molecule has 1 fully saturated rings. The predicted molar refractivity (Wildman–Crippen MR) is 105 cm³/mol. The SMILES string of the molecule is CC(C)C(NC(=O)CC1COCCN1)c1nc(-c2cccnc2)no1.Cl.Cl. The van der Waals surface area contributed by atoms with Crippen molar-refractivity contribution in [1.29, 1.82) is 0 Å². The van der Waals surface area contributed by atoms with E-state index in [0.29, 0.717) is 31.3 Å². The minimum absolute atomic E-state index is 0. The number of hydrogen-bond acceptors (Lipinski definition) is 7. The Kier molecular flexibility index (Phi) is 9.65. The van der Waals surface area contributed by atoms with E-state index < -0.39 is 0 Å². The Balaban J connectivity index is 0.00000182. The summed E-state index contributed by atoms with van der Waals surface area (Å²) in [7, 11) is 0. The van der Waals surface area contributed by atoms with Crippen LogP contribution >= 0.6 is 24.8 Å². The average Bonchev–Trinajstić information content (AvgIpc) is 3.11. The van der Waals surface area contributed by atoms with Crippen LogP contribution in [0.3, 0.4) is 0 Å². The fraction of sp³-hybridized carbons (Fsp3) is 0.529. The van der Waals surface area contributed by atoms with E-state index in [1.807, 2.05) is 26.0 Å². The van der Waals surface area contributed by atoms with Crippen molar-refractivity contribution in [2.24, 2.45) is 5.92 Å². The van der Waals surface area contributed by atoms with Gasteiger partial charge in [-0.3, -0.25) is 9.78 Å². The first-order chi connectivity index (χ1) is 12.1. The summed E-state index contributed by atoms with van der Waals surface area (Å²) in [6.07, 6.45) is 3.71. The van der Waals surface area contributed by atoms with Crippen molar-refractivity contribution in [3.63, 3.8) is 0 Å². The molecule has 10 heteroatoms. The summed E-state index contributed by atoms with van der Waals surface area (Å²) in [6, 6.07) is 3.37. The Morgan fingerprint density at radius 2 is 2.22 bits per heavy atom. The van der Waals surface area contributed by atoms with Crippen molar-refractivity contribution < 1.29 is 14.1 Å². The molecule has 1 aliphatic heterocycles. The van der Waals surface area contributed by atoms with Gasteiger partial charge in [0.25, 0.3) is 0 Å². The van der Waals surface area contributed by atoms with Gasteiger partial charge in [-0.05, 0) is 18.1 Å². The maximum atomic E-state index is 12.4. The number of morpholine rings is 1. The highest BCUT2D eigenvalue weighted by Gasteiger charge is 2.26. The average molecular weight is 418 g/mol. The van der Waals surface area contributed by atoms with E-state index in [2.05, 4.69) is 25.8 Å². The molecule has 2 N–H and O–H groups in total. The van der Waals surface area contributed by atoms with Gasteiger partial charge in [-0.25, -0.2) is 0 Å². The van der Waals surface area contributed by atoms with Gasteiger partial charge in [0, 0.05) is 37.0 Å². The van der Waals surface area contributed by atoms with Gasteiger partial charge in [-0.1, -0.05) is 19.0 Å². The minimum atomic E-state index is -0.338. The topological polar surface area (TPSA) is 102 Å². The molecule has 1 saturated heterocycles. The molecule has 0 radical (unpaired) electrons. The molecule has 2 unspecified atom stereocenters. The summed E-state index contributed by atoms with van der Waals surface area (Å²) in [4.78, 5) is 20.9. The van der Waals surface area contributed by atoms with Crippen molar-refractivity contribution in [2.45, 2.75) is 32.4 Å². The molecule has 0 spiro atoms. The van der Waals surface area contributed by atoms with E-state index >= 15 is 0 Å².